The fourth-order valence-electron chi connectivity index (χ4n) is 4.17. The Kier molecular flexibility index (Phi) is 21.2. The Morgan fingerprint density at radius 3 is 1.07 bits per heavy atom. The first-order chi connectivity index (χ1) is 14.5. The number of hydrogen-bond acceptors (Lipinski definition) is 3. The van der Waals surface area contributed by atoms with Gasteiger partial charge >= 0.3 is 5.97 Å². The van der Waals surface area contributed by atoms with Gasteiger partial charge in [-0.05, 0) is 6.42 Å². The van der Waals surface area contributed by atoms with Crippen molar-refractivity contribution in [3.8, 4) is 0 Å². The Labute approximate surface area is 186 Å². The summed E-state index contributed by atoms with van der Waals surface area (Å²) in [5.41, 5.74) is 0. The zero-order chi connectivity index (χ0) is 22.3. The Bertz CT molecular complexity index is 368. The second-order valence-electron chi connectivity index (χ2n) is 9.37. The maximum absolute atomic E-state index is 10.5. The lowest BCUT2D eigenvalue weighted by Gasteiger charge is -2.19. The van der Waals surface area contributed by atoms with E-state index in [4.69, 9.17) is 5.11 Å². The zero-order valence-corrected chi connectivity index (χ0v) is 20.0. The van der Waals surface area contributed by atoms with Crippen molar-refractivity contribution in [3.05, 3.63) is 0 Å². The molecule has 0 radical (unpaired) electrons. The normalized spacial score (nSPS) is 11.8. The van der Waals surface area contributed by atoms with Crippen LogP contribution in [0.25, 0.3) is 0 Å². The molecule has 30 heavy (non-hydrogen) atoms. The highest BCUT2D eigenvalue weighted by Crippen LogP contribution is 2.18. The van der Waals surface area contributed by atoms with Crippen molar-refractivity contribution in [2.45, 2.75) is 160 Å². The Hall–Kier alpha value is -0.610. The van der Waals surface area contributed by atoms with Crippen LogP contribution in [0.5, 0.6) is 0 Å². The highest BCUT2D eigenvalue weighted by Gasteiger charge is 2.25. The van der Waals surface area contributed by atoms with E-state index in [0.29, 0.717) is 6.42 Å². The molecule has 0 bridgehead atoms. The van der Waals surface area contributed by atoms with Crippen molar-refractivity contribution in [2.24, 2.45) is 0 Å². The van der Waals surface area contributed by atoms with E-state index in [1.165, 1.54) is 116 Å². The zero-order valence-electron chi connectivity index (χ0n) is 20.0. The van der Waals surface area contributed by atoms with E-state index < -0.39 is 18.2 Å². The minimum Gasteiger partial charge on any atom is -0.481 e. The third-order valence-electron chi connectivity index (χ3n) is 6.12. The second kappa shape index (κ2) is 21.6. The van der Waals surface area contributed by atoms with Gasteiger partial charge in [0.25, 0.3) is 0 Å². The molecule has 4 heteroatoms. The van der Waals surface area contributed by atoms with Crippen molar-refractivity contribution >= 4 is 5.97 Å². The van der Waals surface area contributed by atoms with Gasteiger partial charge in [0.05, 0.1) is 6.42 Å². The largest absolute Gasteiger partial charge is 0.481 e. The molecule has 0 heterocycles. The summed E-state index contributed by atoms with van der Waals surface area (Å²) in [5, 5.41) is 27.6. The van der Waals surface area contributed by atoms with Gasteiger partial charge in [-0.3, -0.25) is 4.79 Å². The molecule has 0 spiro atoms. The van der Waals surface area contributed by atoms with Crippen LogP contribution in [-0.2, 0) is 4.79 Å². The summed E-state index contributed by atoms with van der Waals surface area (Å²) in [4.78, 5) is 10.5. The topological polar surface area (TPSA) is 77.8 Å². The van der Waals surface area contributed by atoms with E-state index in [1.807, 2.05) is 0 Å². The molecule has 0 aromatic rings. The van der Waals surface area contributed by atoms with Gasteiger partial charge in [-0.25, -0.2) is 0 Å². The van der Waals surface area contributed by atoms with Gasteiger partial charge in [0.1, 0.15) is 0 Å². The summed E-state index contributed by atoms with van der Waals surface area (Å²) >= 11 is 0. The molecule has 3 N–H and O–H groups in total. The molecule has 0 rings (SSSR count). The maximum atomic E-state index is 10.5. The van der Waals surface area contributed by atoms with Gasteiger partial charge in [0.15, 0.2) is 5.79 Å². The fourth-order valence-corrected chi connectivity index (χ4v) is 4.17. The molecule has 4 nitrogen and oxygen atoms in total. The summed E-state index contributed by atoms with van der Waals surface area (Å²) in [6, 6.07) is 0. The molecular weight excluding hydrogens is 376 g/mol. The van der Waals surface area contributed by atoms with E-state index in [1.54, 1.807) is 0 Å². The van der Waals surface area contributed by atoms with Gasteiger partial charge < -0.3 is 15.3 Å². The van der Waals surface area contributed by atoms with Gasteiger partial charge in [0, 0.05) is 6.42 Å². The van der Waals surface area contributed by atoms with Crippen LogP contribution in [0.4, 0.5) is 0 Å². The molecule has 0 fully saturated rings. The number of unbranched alkanes of at least 4 members (excludes halogenated alkanes) is 20. The van der Waals surface area contributed by atoms with Crippen LogP contribution in [0.15, 0.2) is 0 Å². The number of carboxylic acids is 1. The van der Waals surface area contributed by atoms with Crippen molar-refractivity contribution in [2.75, 3.05) is 0 Å². The van der Waals surface area contributed by atoms with Crippen LogP contribution >= 0.6 is 0 Å². The van der Waals surface area contributed by atoms with Gasteiger partial charge in [0.2, 0.25) is 0 Å². The average molecular weight is 429 g/mol. The molecule has 180 valence electrons. The molecule has 0 saturated carbocycles. The van der Waals surface area contributed by atoms with Gasteiger partial charge in [-0.1, -0.05) is 135 Å². The molecule has 0 atom stereocenters. The summed E-state index contributed by atoms with van der Waals surface area (Å²) in [5.74, 6) is -3.21. The highest BCUT2D eigenvalue weighted by molar-refractivity contribution is 5.67. The van der Waals surface area contributed by atoms with Crippen molar-refractivity contribution in [1.82, 2.24) is 0 Å². The Balaban J connectivity index is 3.14. The predicted octanol–water partition coefficient (Wildman–Crippen LogP) is 7.74. The van der Waals surface area contributed by atoms with Crippen molar-refractivity contribution in [3.63, 3.8) is 0 Å². The number of carbonyl (C=O) groups is 1. The van der Waals surface area contributed by atoms with E-state index in [2.05, 4.69) is 6.92 Å². The Morgan fingerprint density at radius 1 is 0.533 bits per heavy atom. The molecular formula is C26H52O4. The first kappa shape index (κ1) is 29.4. The monoisotopic (exact) mass is 428 g/mol. The number of aliphatic hydroxyl groups is 2. The molecule has 0 aliphatic carbocycles. The molecule has 0 aliphatic heterocycles. The third-order valence-corrected chi connectivity index (χ3v) is 6.12. The van der Waals surface area contributed by atoms with Crippen LogP contribution in [-0.4, -0.2) is 27.1 Å². The SMILES string of the molecule is CCCCCCCCCCCCCCCCCCCCCCCC(O)(O)CC(=O)O. The molecule has 0 amide bonds. The lowest BCUT2D eigenvalue weighted by atomic mass is 10.0. The Morgan fingerprint density at radius 2 is 0.800 bits per heavy atom. The van der Waals surface area contributed by atoms with E-state index in [-0.39, 0.29) is 6.42 Å². The van der Waals surface area contributed by atoms with Gasteiger partial charge in [-0.15, -0.1) is 0 Å². The number of aliphatic carboxylic acids is 1. The second-order valence-corrected chi connectivity index (χ2v) is 9.37. The lowest BCUT2D eigenvalue weighted by molar-refractivity contribution is -0.184. The number of carboxylic acid groups (broad SMARTS) is 1. The molecule has 0 aliphatic rings. The average Bonchev–Trinajstić information content (AvgIpc) is 2.68. The number of rotatable bonds is 24. The maximum Gasteiger partial charge on any atom is 0.308 e. The summed E-state index contributed by atoms with van der Waals surface area (Å²) in [6.45, 7) is 2.28. The van der Waals surface area contributed by atoms with Crippen molar-refractivity contribution < 1.29 is 20.1 Å². The summed E-state index contributed by atoms with van der Waals surface area (Å²) in [6.07, 6.45) is 27.2. The predicted molar refractivity (Wildman–Crippen MR) is 127 cm³/mol. The first-order valence-electron chi connectivity index (χ1n) is 13.1. The fraction of sp³-hybridized carbons (Fsp3) is 0.962. The standard InChI is InChI=1S/C26H52O4/c1-2-3-4-5-6-7-8-9-10-11-12-13-14-15-16-17-18-19-20-21-22-23-26(29,30)24-25(27)28/h29-30H,2-24H2,1H3,(H,27,28). The van der Waals surface area contributed by atoms with Crippen LogP contribution in [0.1, 0.15) is 155 Å². The summed E-state index contributed by atoms with van der Waals surface area (Å²) in [7, 11) is 0. The van der Waals surface area contributed by atoms with E-state index >= 15 is 0 Å². The minimum absolute atomic E-state index is 0.151. The lowest BCUT2D eigenvalue weighted by Crippen LogP contribution is -2.31. The van der Waals surface area contributed by atoms with E-state index in [9.17, 15) is 15.0 Å². The highest BCUT2D eigenvalue weighted by atomic mass is 16.5. The van der Waals surface area contributed by atoms with Crippen LogP contribution in [0.2, 0.25) is 0 Å². The molecule has 0 unspecified atom stereocenters. The third kappa shape index (κ3) is 23.7. The van der Waals surface area contributed by atoms with E-state index in [0.717, 1.165) is 12.8 Å². The van der Waals surface area contributed by atoms with Crippen LogP contribution in [0.3, 0.4) is 0 Å². The number of hydrogen-bond donors (Lipinski definition) is 3. The quantitative estimate of drug-likeness (QED) is 0.108. The molecule has 0 aromatic heterocycles. The first-order valence-corrected chi connectivity index (χ1v) is 13.1. The van der Waals surface area contributed by atoms with Crippen LogP contribution in [0, 0.1) is 0 Å². The molecule has 0 aromatic carbocycles. The van der Waals surface area contributed by atoms with Crippen molar-refractivity contribution in [1.29, 1.82) is 0 Å². The minimum atomic E-state index is -2.04. The van der Waals surface area contributed by atoms with Gasteiger partial charge in [-0.2, -0.15) is 0 Å². The smallest absolute Gasteiger partial charge is 0.308 e. The van der Waals surface area contributed by atoms with Crippen LogP contribution < -0.4 is 0 Å². The summed E-state index contributed by atoms with van der Waals surface area (Å²) < 4.78 is 0. The molecule has 0 saturated heterocycles.